The Bertz CT molecular complexity index is 1020. The Kier molecular flexibility index (Phi) is 9.26. The molecule has 2 aromatic rings. The van der Waals surface area contributed by atoms with Gasteiger partial charge in [-0.3, -0.25) is 4.79 Å². The lowest BCUT2D eigenvalue weighted by molar-refractivity contribution is -0.126. The van der Waals surface area contributed by atoms with Crippen LogP contribution in [-0.4, -0.2) is 50.7 Å². The molecule has 0 spiro atoms. The van der Waals surface area contributed by atoms with Crippen molar-refractivity contribution < 1.29 is 9.53 Å². The number of methoxy groups -OCH3 is 1. The fourth-order valence-corrected chi connectivity index (χ4v) is 6.29. The fourth-order valence-electron chi connectivity index (χ4n) is 4.43. The van der Waals surface area contributed by atoms with E-state index >= 15 is 0 Å². The highest BCUT2D eigenvalue weighted by Gasteiger charge is 2.56. The van der Waals surface area contributed by atoms with Crippen LogP contribution in [0.25, 0.3) is 0 Å². The van der Waals surface area contributed by atoms with Crippen LogP contribution < -0.4 is 4.90 Å². The minimum atomic E-state index is -0.494. The van der Waals surface area contributed by atoms with E-state index in [1.807, 2.05) is 69.5 Å². The van der Waals surface area contributed by atoms with Gasteiger partial charge < -0.3 is 14.5 Å². The van der Waals surface area contributed by atoms with Gasteiger partial charge in [0.15, 0.2) is 0 Å². The Labute approximate surface area is 225 Å². The molecule has 1 fully saturated rings. The lowest BCUT2D eigenvalue weighted by Gasteiger charge is -2.33. The average Bonchev–Trinajstić information content (AvgIpc) is 3.46. The van der Waals surface area contributed by atoms with Crippen molar-refractivity contribution in [1.29, 1.82) is 0 Å². The molecule has 0 radical (unpaired) electrons. The third kappa shape index (κ3) is 6.75. The lowest BCUT2D eigenvalue weighted by Crippen LogP contribution is -2.44. The lowest BCUT2D eigenvalue weighted by atomic mass is 9.93. The summed E-state index contributed by atoms with van der Waals surface area (Å²) in [5.74, 6) is 0.542. The van der Waals surface area contributed by atoms with Crippen molar-refractivity contribution in [3.63, 3.8) is 0 Å². The number of carbonyl (C=O) groups excluding carboxylic acids is 1. The molecule has 0 N–H and O–H groups in total. The highest BCUT2D eigenvalue weighted by atomic mass is 35.5. The number of halogens is 2. The fraction of sp³-hybridized carbons (Fsp3) is 0.536. The number of thioether (sulfide) groups is 1. The molecule has 35 heavy (non-hydrogen) atoms. The van der Waals surface area contributed by atoms with Gasteiger partial charge in [-0.15, -0.1) is 11.8 Å². The van der Waals surface area contributed by atoms with Crippen LogP contribution in [0.4, 0.5) is 5.69 Å². The minimum absolute atomic E-state index is 0.00517. The van der Waals surface area contributed by atoms with Gasteiger partial charge >= 0.3 is 0 Å². The molecule has 1 aliphatic carbocycles. The molecule has 0 bridgehead atoms. The van der Waals surface area contributed by atoms with Crippen molar-refractivity contribution in [2.75, 3.05) is 38.8 Å². The smallest absolute Gasteiger partial charge is 0.232 e. The monoisotopic (exact) mass is 536 g/mol. The molecule has 2 aromatic carbocycles. The first-order valence-electron chi connectivity index (χ1n) is 12.1. The van der Waals surface area contributed by atoms with Gasteiger partial charge in [-0.05, 0) is 75.2 Å². The maximum atomic E-state index is 13.2. The standard InChI is InChI=1S/C28H38Cl2N2O2S/c1-19(2)32(26(33)27(3,4)5)25-13-8-20(16-24(25)30)28(35-23-11-9-22(29)10-12-23)17-21(28)18-31(6)14-15-34-7/h8-13,16,19,21H,14-15,17-18H2,1-7H3. The quantitative estimate of drug-likeness (QED) is 0.317. The molecule has 3 rings (SSSR count). The molecule has 0 heterocycles. The molecule has 1 saturated carbocycles. The summed E-state index contributed by atoms with van der Waals surface area (Å²) in [7, 11) is 3.88. The van der Waals surface area contributed by atoms with Gasteiger partial charge in [0.2, 0.25) is 5.91 Å². The SMILES string of the molecule is COCCN(C)CC1CC1(Sc1ccc(Cl)cc1)c1ccc(N(C(=O)C(C)(C)C)C(C)C)c(Cl)c1. The van der Waals surface area contributed by atoms with Crippen LogP contribution in [0.2, 0.25) is 10.0 Å². The number of benzene rings is 2. The summed E-state index contributed by atoms with van der Waals surface area (Å²) in [6, 6.07) is 14.3. The molecule has 1 amide bonds. The first kappa shape index (κ1) is 28.3. The van der Waals surface area contributed by atoms with E-state index in [1.54, 1.807) is 7.11 Å². The number of nitrogens with zero attached hydrogens (tertiary/aromatic N) is 2. The van der Waals surface area contributed by atoms with Crippen LogP contribution in [0.3, 0.4) is 0 Å². The van der Waals surface area contributed by atoms with Crippen LogP contribution in [0.5, 0.6) is 0 Å². The van der Waals surface area contributed by atoms with Crippen molar-refractivity contribution in [1.82, 2.24) is 4.90 Å². The summed E-state index contributed by atoms with van der Waals surface area (Å²) in [6.45, 7) is 12.5. The molecule has 0 saturated heterocycles. The molecule has 4 nitrogen and oxygen atoms in total. The number of ether oxygens (including phenoxy) is 1. The number of hydrogen-bond donors (Lipinski definition) is 0. The van der Waals surface area contributed by atoms with E-state index in [2.05, 4.69) is 36.2 Å². The van der Waals surface area contributed by atoms with E-state index in [1.165, 1.54) is 10.5 Å². The van der Waals surface area contributed by atoms with Crippen molar-refractivity contribution in [3.05, 3.63) is 58.1 Å². The average molecular weight is 538 g/mol. The second kappa shape index (κ2) is 11.4. The minimum Gasteiger partial charge on any atom is -0.383 e. The van der Waals surface area contributed by atoms with Crippen molar-refractivity contribution >= 4 is 46.6 Å². The van der Waals surface area contributed by atoms with E-state index in [4.69, 9.17) is 27.9 Å². The predicted molar refractivity (Wildman–Crippen MR) is 150 cm³/mol. The number of rotatable bonds is 10. The van der Waals surface area contributed by atoms with Crippen LogP contribution in [0, 0.1) is 11.3 Å². The summed E-state index contributed by atoms with van der Waals surface area (Å²) in [4.78, 5) is 18.6. The predicted octanol–water partition coefficient (Wildman–Crippen LogP) is 7.37. The zero-order valence-corrected chi connectivity index (χ0v) is 24.2. The Morgan fingerprint density at radius 1 is 1.17 bits per heavy atom. The van der Waals surface area contributed by atoms with Gasteiger partial charge in [-0.2, -0.15) is 0 Å². The van der Waals surface area contributed by atoms with Gasteiger partial charge in [0.25, 0.3) is 0 Å². The summed E-state index contributed by atoms with van der Waals surface area (Å²) < 4.78 is 5.19. The summed E-state index contributed by atoms with van der Waals surface area (Å²) in [5, 5.41) is 1.35. The molecule has 192 valence electrons. The molecule has 1 aliphatic rings. The second-order valence-electron chi connectivity index (χ2n) is 10.8. The molecule has 2 unspecified atom stereocenters. The van der Waals surface area contributed by atoms with Crippen LogP contribution in [0.1, 0.15) is 46.6 Å². The third-order valence-electron chi connectivity index (χ3n) is 6.44. The van der Waals surface area contributed by atoms with E-state index in [0.29, 0.717) is 17.5 Å². The van der Waals surface area contributed by atoms with Gasteiger partial charge in [0.1, 0.15) is 0 Å². The topological polar surface area (TPSA) is 32.8 Å². The number of hydrogen-bond acceptors (Lipinski definition) is 4. The van der Waals surface area contributed by atoms with Crippen molar-refractivity contribution in [3.8, 4) is 0 Å². The maximum Gasteiger partial charge on any atom is 0.232 e. The maximum absolute atomic E-state index is 13.2. The zero-order valence-electron chi connectivity index (χ0n) is 21.9. The van der Waals surface area contributed by atoms with Gasteiger partial charge in [-0.25, -0.2) is 0 Å². The largest absolute Gasteiger partial charge is 0.383 e. The number of anilines is 1. The highest BCUT2D eigenvalue weighted by molar-refractivity contribution is 8.00. The number of carbonyl (C=O) groups is 1. The Hall–Kier alpha value is -1.24. The van der Waals surface area contributed by atoms with Crippen molar-refractivity contribution in [2.45, 2.75) is 56.7 Å². The normalized spacial score (nSPS) is 19.9. The van der Waals surface area contributed by atoms with Gasteiger partial charge in [0, 0.05) is 41.6 Å². The molecule has 7 heteroatoms. The van der Waals surface area contributed by atoms with Crippen LogP contribution in [0.15, 0.2) is 47.4 Å². The zero-order chi connectivity index (χ0) is 26.0. The van der Waals surface area contributed by atoms with E-state index in [0.717, 1.165) is 30.2 Å². The van der Waals surface area contributed by atoms with E-state index in [-0.39, 0.29) is 16.7 Å². The first-order chi connectivity index (χ1) is 16.4. The Balaban J connectivity index is 1.94. The van der Waals surface area contributed by atoms with E-state index in [9.17, 15) is 4.79 Å². The molecular formula is C28H38Cl2N2O2S. The van der Waals surface area contributed by atoms with E-state index < -0.39 is 5.41 Å². The summed E-state index contributed by atoms with van der Waals surface area (Å²) >= 11 is 14.9. The molecule has 2 atom stereocenters. The van der Waals surface area contributed by atoms with Crippen LogP contribution >= 0.6 is 35.0 Å². The summed E-state index contributed by atoms with van der Waals surface area (Å²) in [6.07, 6.45) is 1.06. The van der Waals surface area contributed by atoms with Crippen LogP contribution in [-0.2, 0) is 14.3 Å². The Morgan fingerprint density at radius 2 is 1.83 bits per heavy atom. The first-order valence-corrected chi connectivity index (χ1v) is 13.7. The highest BCUT2D eigenvalue weighted by Crippen LogP contribution is 2.64. The number of likely N-dealkylation sites (N-methyl/N-ethyl adjacent to an activating group) is 1. The summed E-state index contributed by atoms with van der Waals surface area (Å²) in [5.41, 5.74) is 1.47. The molecule has 0 aliphatic heterocycles. The molecular weight excluding hydrogens is 499 g/mol. The second-order valence-corrected chi connectivity index (χ2v) is 13.0. The van der Waals surface area contributed by atoms with Gasteiger partial charge in [0.05, 0.1) is 22.1 Å². The van der Waals surface area contributed by atoms with Gasteiger partial charge in [-0.1, -0.05) is 50.0 Å². The van der Waals surface area contributed by atoms with Crippen molar-refractivity contribution in [2.24, 2.45) is 11.3 Å². The Morgan fingerprint density at radius 3 is 2.37 bits per heavy atom. The third-order valence-corrected chi connectivity index (χ3v) is 8.61. The molecule has 0 aromatic heterocycles. The number of amides is 1.